The summed E-state index contributed by atoms with van der Waals surface area (Å²) < 4.78 is 7.61. The molecule has 28 heavy (non-hydrogen) atoms. The Morgan fingerprint density at radius 1 is 0.929 bits per heavy atom. The molecule has 0 aromatic heterocycles. The summed E-state index contributed by atoms with van der Waals surface area (Å²) in [5.41, 5.74) is 3.10. The summed E-state index contributed by atoms with van der Waals surface area (Å²) in [5, 5.41) is 0. The monoisotopic (exact) mass is 517 g/mol. The minimum atomic E-state index is -1.48. The van der Waals surface area contributed by atoms with Gasteiger partial charge in [0, 0.05) is 12.0 Å². The number of nitrogens with zero attached hydrogens (tertiary/aromatic N) is 1. The summed E-state index contributed by atoms with van der Waals surface area (Å²) in [6.45, 7) is 11.6. The van der Waals surface area contributed by atoms with E-state index >= 15 is 0 Å². The summed E-state index contributed by atoms with van der Waals surface area (Å²) in [6.07, 6.45) is 12.5. The molecule has 0 spiro atoms. The first-order chi connectivity index (χ1) is 12.9. The molecule has 0 N–H and O–H groups in total. The molecule has 162 valence electrons. The highest BCUT2D eigenvalue weighted by molar-refractivity contribution is 6.71. The van der Waals surface area contributed by atoms with E-state index in [1.807, 2.05) is 0 Å². The SMILES string of the molecule is CCCCCCCCCC[Si](C)(C)OCC[N+]1(C)CCc2ccccc2C1.[I-]. The fourth-order valence-corrected chi connectivity index (χ4v) is 6.22. The van der Waals surface area contributed by atoms with Crippen molar-refractivity contribution in [3.05, 3.63) is 35.4 Å². The van der Waals surface area contributed by atoms with Crippen LogP contribution in [0.25, 0.3) is 0 Å². The van der Waals surface area contributed by atoms with Crippen LogP contribution in [0.3, 0.4) is 0 Å². The zero-order valence-corrected chi connectivity index (χ0v) is 22.1. The number of fused-ring (bicyclic) bond motifs is 1. The molecule has 1 unspecified atom stereocenters. The van der Waals surface area contributed by atoms with Crippen molar-refractivity contribution in [2.75, 3.05) is 26.7 Å². The third-order valence-electron chi connectivity index (χ3n) is 6.35. The van der Waals surface area contributed by atoms with Crippen molar-refractivity contribution in [3.8, 4) is 0 Å². The topological polar surface area (TPSA) is 9.23 Å². The van der Waals surface area contributed by atoms with Crippen LogP contribution in [0.5, 0.6) is 0 Å². The molecular formula is C24H44INOSi. The van der Waals surface area contributed by atoms with Gasteiger partial charge >= 0.3 is 0 Å². The van der Waals surface area contributed by atoms with E-state index in [4.69, 9.17) is 4.43 Å². The van der Waals surface area contributed by atoms with E-state index in [9.17, 15) is 0 Å². The molecule has 0 fully saturated rings. The van der Waals surface area contributed by atoms with Crippen molar-refractivity contribution in [2.24, 2.45) is 0 Å². The van der Waals surface area contributed by atoms with Gasteiger partial charge in [-0.15, -0.1) is 0 Å². The number of rotatable bonds is 13. The third-order valence-corrected chi connectivity index (χ3v) is 8.89. The molecule has 1 aliphatic rings. The van der Waals surface area contributed by atoms with Crippen LogP contribution in [-0.4, -0.2) is 39.5 Å². The summed E-state index contributed by atoms with van der Waals surface area (Å²) >= 11 is 0. The molecule has 1 atom stereocenters. The lowest BCUT2D eigenvalue weighted by atomic mass is 9.98. The van der Waals surface area contributed by atoms with Crippen LogP contribution in [0.1, 0.15) is 69.4 Å². The minimum absolute atomic E-state index is 0. The maximum Gasteiger partial charge on any atom is 0.187 e. The van der Waals surface area contributed by atoms with Gasteiger partial charge in [0.2, 0.25) is 0 Å². The predicted molar refractivity (Wildman–Crippen MR) is 121 cm³/mol. The van der Waals surface area contributed by atoms with Crippen molar-refractivity contribution in [1.82, 2.24) is 0 Å². The maximum absolute atomic E-state index is 6.47. The molecule has 2 nitrogen and oxygen atoms in total. The number of quaternary nitrogens is 1. The lowest BCUT2D eigenvalue weighted by Gasteiger charge is -2.39. The van der Waals surface area contributed by atoms with E-state index in [2.05, 4.69) is 51.3 Å². The van der Waals surface area contributed by atoms with Crippen LogP contribution in [0, 0.1) is 0 Å². The highest BCUT2D eigenvalue weighted by Gasteiger charge is 2.29. The van der Waals surface area contributed by atoms with Crippen LogP contribution in [-0.2, 0) is 17.4 Å². The molecular weight excluding hydrogens is 473 g/mol. The molecule has 1 aromatic rings. The quantitative estimate of drug-likeness (QED) is 0.168. The molecule has 4 heteroatoms. The molecule has 0 bridgehead atoms. The Hall–Kier alpha value is 0.0869. The highest BCUT2D eigenvalue weighted by atomic mass is 127. The Kier molecular flexibility index (Phi) is 12.5. The standard InChI is InChI=1S/C24H44NOSi.HI/c1-5-6-7-8-9-10-11-14-21-27(3,4)26-20-19-25(2)18-17-23-15-12-13-16-24(23)22-25;/h12-13,15-16H,5-11,14,17-22H2,1-4H3;1H/q+1;/p-1. The van der Waals surface area contributed by atoms with Gasteiger partial charge in [0.25, 0.3) is 0 Å². The first kappa shape index (κ1) is 26.1. The van der Waals surface area contributed by atoms with Crippen molar-refractivity contribution >= 4 is 8.32 Å². The summed E-state index contributed by atoms with van der Waals surface area (Å²) in [4.78, 5) is 0. The van der Waals surface area contributed by atoms with Gasteiger partial charge in [-0.1, -0.05) is 82.6 Å². The number of hydrogen-bond acceptors (Lipinski definition) is 1. The maximum atomic E-state index is 6.47. The molecule has 0 saturated carbocycles. The Labute approximate surface area is 193 Å². The Morgan fingerprint density at radius 2 is 1.54 bits per heavy atom. The average Bonchev–Trinajstić information content (AvgIpc) is 2.63. The molecule has 0 amide bonds. The smallest absolute Gasteiger partial charge is 0.187 e. The van der Waals surface area contributed by atoms with E-state index in [0.29, 0.717) is 0 Å². The second-order valence-corrected chi connectivity index (χ2v) is 13.9. The number of halogens is 1. The lowest BCUT2D eigenvalue weighted by molar-refractivity contribution is -0.924. The largest absolute Gasteiger partial charge is 1.00 e. The van der Waals surface area contributed by atoms with Gasteiger partial charge in [-0.2, -0.15) is 0 Å². The number of benzene rings is 1. The van der Waals surface area contributed by atoms with E-state index in [1.54, 1.807) is 11.1 Å². The molecule has 0 saturated heterocycles. The van der Waals surface area contributed by atoms with Gasteiger partial charge in [-0.3, -0.25) is 0 Å². The van der Waals surface area contributed by atoms with Crippen LogP contribution >= 0.6 is 0 Å². The Bertz CT molecular complexity index is 551. The van der Waals surface area contributed by atoms with Gasteiger partial charge in [-0.05, 0) is 24.7 Å². The zero-order valence-electron chi connectivity index (χ0n) is 18.9. The molecule has 0 radical (unpaired) electrons. The van der Waals surface area contributed by atoms with Gasteiger partial charge in [-0.25, -0.2) is 0 Å². The van der Waals surface area contributed by atoms with Gasteiger partial charge < -0.3 is 32.9 Å². The van der Waals surface area contributed by atoms with Crippen molar-refractivity contribution in [3.63, 3.8) is 0 Å². The first-order valence-corrected chi connectivity index (χ1v) is 14.6. The van der Waals surface area contributed by atoms with Crippen LogP contribution in [0.4, 0.5) is 0 Å². The summed E-state index contributed by atoms with van der Waals surface area (Å²) in [5.74, 6) is 0. The Morgan fingerprint density at radius 3 is 2.21 bits per heavy atom. The fraction of sp³-hybridized carbons (Fsp3) is 0.750. The van der Waals surface area contributed by atoms with Crippen LogP contribution in [0.15, 0.2) is 24.3 Å². The zero-order chi connectivity index (χ0) is 19.6. The molecule has 2 rings (SSSR count). The molecule has 1 heterocycles. The number of likely N-dealkylation sites (N-methyl/N-ethyl adjacent to an activating group) is 1. The summed E-state index contributed by atoms with van der Waals surface area (Å²) in [7, 11) is 0.925. The van der Waals surface area contributed by atoms with Crippen molar-refractivity contribution in [2.45, 2.75) is 90.4 Å². The van der Waals surface area contributed by atoms with Crippen molar-refractivity contribution in [1.29, 1.82) is 0 Å². The van der Waals surface area contributed by atoms with Crippen LogP contribution in [0.2, 0.25) is 19.1 Å². The second kappa shape index (κ2) is 13.4. The average molecular weight is 518 g/mol. The normalized spacial score (nSPS) is 19.1. The summed E-state index contributed by atoms with van der Waals surface area (Å²) in [6, 6.07) is 10.3. The lowest BCUT2D eigenvalue weighted by Crippen LogP contribution is -3.00. The first-order valence-electron chi connectivity index (χ1n) is 11.5. The minimum Gasteiger partial charge on any atom is -1.00 e. The van der Waals surface area contributed by atoms with Gasteiger partial charge in [0.05, 0.1) is 20.2 Å². The van der Waals surface area contributed by atoms with E-state index in [-0.39, 0.29) is 24.0 Å². The van der Waals surface area contributed by atoms with Crippen LogP contribution < -0.4 is 24.0 Å². The van der Waals surface area contributed by atoms with Gasteiger partial charge in [0.15, 0.2) is 8.32 Å². The van der Waals surface area contributed by atoms with E-state index in [1.165, 1.54) is 76.9 Å². The third kappa shape index (κ3) is 9.73. The van der Waals surface area contributed by atoms with E-state index < -0.39 is 8.32 Å². The number of hydrogen-bond donors (Lipinski definition) is 0. The predicted octanol–water partition coefficient (Wildman–Crippen LogP) is 3.56. The number of unbranched alkanes of at least 4 members (excludes halogenated alkanes) is 7. The van der Waals surface area contributed by atoms with Gasteiger partial charge in [0.1, 0.15) is 13.1 Å². The Balaban J connectivity index is 0.00000392. The molecule has 0 aliphatic carbocycles. The van der Waals surface area contributed by atoms with Crippen molar-refractivity contribution < 1.29 is 32.9 Å². The molecule has 1 aliphatic heterocycles. The van der Waals surface area contributed by atoms with E-state index in [0.717, 1.165) is 17.6 Å². The highest BCUT2D eigenvalue weighted by Crippen LogP contribution is 2.24. The molecule has 1 aromatic carbocycles. The fourth-order valence-electron chi connectivity index (χ4n) is 4.33. The second-order valence-electron chi connectivity index (χ2n) is 9.58.